The van der Waals surface area contributed by atoms with Gasteiger partial charge >= 0.3 is 0 Å². The van der Waals surface area contributed by atoms with Gasteiger partial charge in [0.2, 0.25) is 11.7 Å². The summed E-state index contributed by atoms with van der Waals surface area (Å²) >= 11 is 0. The van der Waals surface area contributed by atoms with E-state index < -0.39 is 0 Å². The van der Waals surface area contributed by atoms with E-state index in [0.29, 0.717) is 34.7 Å². The number of nitrogens with zero attached hydrogens (tertiary/aromatic N) is 4. The average molecular weight is 433 g/mol. The van der Waals surface area contributed by atoms with Crippen molar-refractivity contribution in [2.75, 3.05) is 33.8 Å². The number of methoxy groups -OCH3 is 4. The molecule has 0 aliphatic heterocycles. The smallest absolute Gasteiger partial charge is 0.229 e. The van der Waals surface area contributed by atoms with Crippen molar-refractivity contribution in [2.45, 2.75) is 0 Å². The van der Waals surface area contributed by atoms with Gasteiger partial charge in [-0.15, -0.1) is 0 Å². The summed E-state index contributed by atoms with van der Waals surface area (Å²) in [5.74, 6) is 3.39. The van der Waals surface area contributed by atoms with Crippen molar-refractivity contribution in [1.82, 2.24) is 19.7 Å². The monoisotopic (exact) mass is 433 g/mol. The third-order valence-electron chi connectivity index (χ3n) is 4.77. The summed E-state index contributed by atoms with van der Waals surface area (Å²) in [5.41, 5.74) is 2.50. The highest BCUT2D eigenvalue weighted by Gasteiger charge is 2.14. The van der Waals surface area contributed by atoms with Crippen LogP contribution in [0.1, 0.15) is 0 Å². The highest BCUT2D eigenvalue weighted by Crippen LogP contribution is 2.40. The number of ether oxygens (including phenoxy) is 4. The maximum Gasteiger partial charge on any atom is 0.229 e. The number of aromatic nitrogens is 4. The minimum Gasteiger partial charge on any atom is -0.497 e. The fourth-order valence-electron chi connectivity index (χ4n) is 3.19. The molecule has 2 aromatic heterocycles. The number of nitrogens with one attached hydrogen (secondary N) is 1. The Morgan fingerprint density at radius 2 is 1.53 bits per heavy atom. The maximum atomic E-state index is 5.40. The van der Waals surface area contributed by atoms with Gasteiger partial charge in [-0.3, -0.25) is 0 Å². The highest BCUT2D eigenvalue weighted by atomic mass is 16.5. The number of hydrogen-bond donors (Lipinski definition) is 1. The van der Waals surface area contributed by atoms with Crippen LogP contribution in [-0.2, 0) is 0 Å². The molecule has 0 spiro atoms. The standard InChI is InChI=1S/C23H23N5O4/c1-29-17-7-5-15(6-8-17)18-10-12-28(27-18)21-9-11-24-23(26-21)25-16-13-19(30-2)22(32-4)20(14-16)31-3/h5-14H,1-4H3,(H,24,25,26). The summed E-state index contributed by atoms with van der Waals surface area (Å²) in [6.45, 7) is 0. The third-order valence-corrected chi connectivity index (χ3v) is 4.77. The molecule has 2 aromatic carbocycles. The van der Waals surface area contributed by atoms with Crippen molar-refractivity contribution in [1.29, 1.82) is 0 Å². The normalized spacial score (nSPS) is 10.5. The van der Waals surface area contributed by atoms with E-state index in [1.807, 2.05) is 36.5 Å². The highest BCUT2D eigenvalue weighted by molar-refractivity contribution is 5.66. The van der Waals surface area contributed by atoms with E-state index in [2.05, 4.69) is 20.4 Å². The van der Waals surface area contributed by atoms with Gasteiger partial charge in [0.25, 0.3) is 0 Å². The first-order valence-electron chi connectivity index (χ1n) is 9.75. The zero-order valence-corrected chi connectivity index (χ0v) is 18.2. The van der Waals surface area contributed by atoms with E-state index in [0.717, 1.165) is 17.0 Å². The Kier molecular flexibility index (Phi) is 6.07. The first kappa shape index (κ1) is 21.0. The molecule has 0 saturated heterocycles. The van der Waals surface area contributed by atoms with Gasteiger partial charge in [0.15, 0.2) is 17.3 Å². The van der Waals surface area contributed by atoms with Crippen LogP contribution in [0, 0.1) is 0 Å². The molecule has 1 N–H and O–H groups in total. The summed E-state index contributed by atoms with van der Waals surface area (Å²) in [6, 6.07) is 15.0. The zero-order valence-electron chi connectivity index (χ0n) is 18.2. The van der Waals surface area contributed by atoms with Crippen LogP contribution in [0.15, 0.2) is 60.9 Å². The molecule has 164 valence electrons. The van der Waals surface area contributed by atoms with E-state index in [1.54, 1.807) is 57.5 Å². The minimum absolute atomic E-state index is 0.401. The van der Waals surface area contributed by atoms with Crippen LogP contribution in [0.5, 0.6) is 23.0 Å². The molecule has 0 radical (unpaired) electrons. The number of benzene rings is 2. The second-order valence-corrected chi connectivity index (χ2v) is 6.65. The second kappa shape index (κ2) is 9.25. The fourth-order valence-corrected chi connectivity index (χ4v) is 3.19. The van der Waals surface area contributed by atoms with Gasteiger partial charge in [-0.25, -0.2) is 9.67 Å². The van der Waals surface area contributed by atoms with Crippen LogP contribution in [0.2, 0.25) is 0 Å². The van der Waals surface area contributed by atoms with Gasteiger partial charge in [-0.1, -0.05) is 0 Å². The molecule has 0 saturated carbocycles. The van der Waals surface area contributed by atoms with Crippen LogP contribution in [-0.4, -0.2) is 48.2 Å². The Hall–Kier alpha value is -4.27. The van der Waals surface area contributed by atoms with Gasteiger partial charge in [0.1, 0.15) is 5.75 Å². The summed E-state index contributed by atoms with van der Waals surface area (Å²) in [4.78, 5) is 8.88. The van der Waals surface area contributed by atoms with Gasteiger partial charge < -0.3 is 24.3 Å². The lowest BCUT2D eigenvalue weighted by atomic mass is 10.1. The maximum absolute atomic E-state index is 5.40. The predicted octanol–water partition coefficient (Wildman–Crippen LogP) is 4.11. The van der Waals surface area contributed by atoms with Crippen molar-refractivity contribution >= 4 is 11.6 Å². The van der Waals surface area contributed by atoms with Crippen molar-refractivity contribution in [3.63, 3.8) is 0 Å². The first-order chi connectivity index (χ1) is 15.6. The molecule has 4 rings (SSSR count). The SMILES string of the molecule is COc1ccc(-c2ccn(-c3ccnc(Nc4cc(OC)c(OC)c(OC)c4)n3)n2)cc1. The minimum atomic E-state index is 0.401. The lowest BCUT2D eigenvalue weighted by Gasteiger charge is -2.14. The van der Waals surface area contributed by atoms with Crippen LogP contribution < -0.4 is 24.3 Å². The first-order valence-corrected chi connectivity index (χ1v) is 9.75. The van der Waals surface area contributed by atoms with E-state index in [9.17, 15) is 0 Å². The molecule has 0 aliphatic rings. The van der Waals surface area contributed by atoms with Gasteiger partial charge in [-0.2, -0.15) is 10.1 Å². The van der Waals surface area contributed by atoms with Crippen molar-refractivity contribution in [2.24, 2.45) is 0 Å². The lowest BCUT2D eigenvalue weighted by Crippen LogP contribution is -2.04. The van der Waals surface area contributed by atoms with Crippen LogP contribution in [0.4, 0.5) is 11.6 Å². The molecule has 4 aromatic rings. The molecule has 0 atom stereocenters. The Labute approximate surface area is 185 Å². The average Bonchev–Trinajstić information content (AvgIpc) is 3.34. The molecule has 0 aliphatic carbocycles. The predicted molar refractivity (Wildman–Crippen MR) is 121 cm³/mol. The molecular weight excluding hydrogens is 410 g/mol. The molecule has 2 heterocycles. The van der Waals surface area contributed by atoms with E-state index in [-0.39, 0.29) is 0 Å². The second-order valence-electron chi connectivity index (χ2n) is 6.65. The topological polar surface area (TPSA) is 92.6 Å². The van der Waals surface area contributed by atoms with E-state index >= 15 is 0 Å². The zero-order chi connectivity index (χ0) is 22.5. The molecule has 32 heavy (non-hydrogen) atoms. The Balaban J connectivity index is 1.59. The summed E-state index contributed by atoms with van der Waals surface area (Å²) in [5, 5.41) is 7.81. The van der Waals surface area contributed by atoms with Crippen molar-refractivity contribution in [3.8, 4) is 40.1 Å². The summed E-state index contributed by atoms with van der Waals surface area (Å²) in [7, 11) is 6.33. The van der Waals surface area contributed by atoms with Crippen LogP contribution in [0.25, 0.3) is 17.1 Å². The Morgan fingerprint density at radius 3 is 2.16 bits per heavy atom. The van der Waals surface area contributed by atoms with Crippen molar-refractivity contribution < 1.29 is 18.9 Å². The Morgan fingerprint density at radius 1 is 0.812 bits per heavy atom. The lowest BCUT2D eigenvalue weighted by molar-refractivity contribution is 0.324. The molecular formula is C23H23N5O4. The Bertz CT molecular complexity index is 1180. The van der Waals surface area contributed by atoms with E-state index in [1.165, 1.54) is 0 Å². The van der Waals surface area contributed by atoms with Crippen molar-refractivity contribution in [3.05, 3.63) is 60.9 Å². The van der Waals surface area contributed by atoms with Crippen LogP contribution in [0.3, 0.4) is 0 Å². The van der Waals surface area contributed by atoms with Gasteiger partial charge in [0, 0.05) is 41.8 Å². The van der Waals surface area contributed by atoms with E-state index in [4.69, 9.17) is 18.9 Å². The molecule has 0 fully saturated rings. The number of anilines is 2. The third kappa shape index (κ3) is 4.27. The number of rotatable bonds is 8. The molecule has 9 nitrogen and oxygen atoms in total. The largest absolute Gasteiger partial charge is 0.497 e. The van der Waals surface area contributed by atoms with Gasteiger partial charge in [0.05, 0.1) is 34.1 Å². The van der Waals surface area contributed by atoms with Gasteiger partial charge in [-0.05, 0) is 30.3 Å². The quantitative estimate of drug-likeness (QED) is 0.444. The molecule has 0 amide bonds. The molecule has 9 heteroatoms. The van der Waals surface area contributed by atoms with Crippen LogP contribution >= 0.6 is 0 Å². The summed E-state index contributed by atoms with van der Waals surface area (Å²) in [6.07, 6.45) is 3.52. The molecule has 0 unspecified atom stereocenters. The fraction of sp³-hybridized carbons (Fsp3) is 0.174. The molecule has 0 bridgehead atoms. The summed E-state index contributed by atoms with van der Waals surface area (Å²) < 4.78 is 23.1. The number of hydrogen-bond acceptors (Lipinski definition) is 8.